The van der Waals surface area contributed by atoms with Gasteiger partial charge in [-0.2, -0.15) is 0 Å². The van der Waals surface area contributed by atoms with Gasteiger partial charge in [-0.15, -0.1) is 11.8 Å². The van der Waals surface area contributed by atoms with E-state index >= 15 is 0 Å². The molecule has 1 aliphatic rings. The van der Waals surface area contributed by atoms with E-state index < -0.39 is 0 Å². The van der Waals surface area contributed by atoms with Gasteiger partial charge in [0.15, 0.2) is 5.82 Å². The first-order chi connectivity index (χ1) is 12.6. The van der Waals surface area contributed by atoms with Crippen molar-refractivity contribution < 1.29 is 14.3 Å². The first-order valence-corrected chi connectivity index (χ1v) is 9.55. The van der Waals surface area contributed by atoms with Crippen molar-refractivity contribution in [3.05, 3.63) is 30.0 Å². The number of morpholine rings is 1. The van der Waals surface area contributed by atoms with Crippen LogP contribution >= 0.6 is 11.8 Å². The van der Waals surface area contributed by atoms with Crippen LogP contribution in [0.1, 0.15) is 5.69 Å². The van der Waals surface area contributed by atoms with E-state index in [1.807, 2.05) is 30.5 Å². The Labute approximate surface area is 156 Å². The number of hydrogen-bond acceptors (Lipinski definition) is 8. The molecule has 1 aromatic carbocycles. The van der Waals surface area contributed by atoms with Crippen LogP contribution in [-0.4, -0.2) is 55.6 Å². The second kappa shape index (κ2) is 8.37. The Morgan fingerprint density at radius 1 is 1.27 bits per heavy atom. The van der Waals surface area contributed by atoms with E-state index in [2.05, 4.69) is 9.88 Å². The second-order valence-corrected chi connectivity index (χ2v) is 6.64. The number of rotatable bonds is 5. The van der Waals surface area contributed by atoms with Crippen molar-refractivity contribution in [2.24, 2.45) is 0 Å². The van der Waals surface area contributed by atoms with E-state index in [0.29, 0.717) is 30.4 Å². The molecule has 0 amide bonds. The van der Waals surface area contributed by atoms with Crippen molar-refractivity contribution in [2.75, 3.05) is 50.3 Å². The number of ether oxygens (including phenoxy) is 2. The van der Waals surface area contributed by atoms with Crippen molar-refractivity contribution in [3.63, 3.8) is 0 Å². The van der Waals surface area contributed by atoms with Gasteiger partial charge in [0.25, 0.3) is 0 Å². The SMILES string of the molecule is COC(=O)Cc1nc(-c2ccc(N)cc2)nc(N2CCOCC2)c1SC. The van der Waals surface area contributed by atoms with Crippen LogP contribution in [0.4, 0.5) is 11.5 Å². The lowest BCUT2D eigenvalue weighted by atomic mass is 10.2. The molecule has 26 heavy (non-hydrogen) atoms. The van der Waals surface area contributed by atoms with Gasteiger partial charge in [0, 0.05) is 24.3 Å². The van der Waals surface area contributed by atoms with Gasteiger partial charge in [0.2, 0.25) is 0 Å². The lowest BCUT2D eigenvalue weighted by molar-refractivity contribution is -0.139. The highest BCUT2D eigenvalue weighted by Gasteiger charge is 2.23. The highest BCUT2D eigenvalue weighted by molar-refractivity contribution is 7.98. The van der Waals surface area contributed by atoms with Crippen LogP contribution in [0.3, 0.4) is 0 Å². The summed E-state index contributed by atoms with van der Waals surface area (Å²) >= 11 is 1.54. The van der Waals surface area contributed by atoms with Crippen LogP contribution in [0.25, 0.3) is 11.4 Å². The lowest BCUT2D eigenvalue weighted by Gasteiger charge is -2.30. The minimum Gasteiger partial charge on any atom is -0.469 e. The Balaban J connectivity index is 2.10. The minimum atomic E-state index is -0.324. The van der Waals surface area contributed by atoms with Crippen LogP contribution in [0.5, 0.6) is 0 Å². The maximum Gasteiger partial charge on any atom is 0.311 e. The summed E-state index contributed by atoms with van der Waals surface area (Å²) in [4.78, 5) is 24.4. The third kappa shape index (κ3) is 4.08. The summed E-state index contributed by atoms with van der Waals surface area (Å²) in [6, 6.07) is 7.40. The Morgan fingerprint density at radius 3 is 2.58 bits per heavy atom. The maximum atomic E-state index is 11.9. The predicted octanol–water partition coefficient (Wildman–Crippen LogP) is 2.00. The third-order valence-electron chi connectivity index (χ3n) is 4.14. The monoisotopic (exact) mass is 374 g/mol. The molecule has 0 radical (unpaired) electrons. The van der Waals surface area contributed by atoms with Gasteiger partial charge in [-0.05, 0) is 30.5 Å². The smallest absolute Gasteiger partial charge is 0.311 e. The van der Waals surface area contributed by atoms with E-state index in [4.69, 9.17) is 20.2 Å². The standard InChI is InChI=1S/C18H22N4O3S/c1-24-15(23)11-14-16(26-2)18(22-7-9-25-10-8-22)21-17(20-14)12-3-5-13(19)6-4-12/h3-6H,7-11,19H2,1-2H3. The first-order valence-electron chi connectivity index (χ1n) is 8.32. The number of carbonyl (C=O) groups excluding carboxylic acids is 1. The normalized spacial score (nSPS) is 14.3. The molecule has 1 saturated heterocycles. The molecule has 1 fully saturated rings. The van der Waals surface area contributed by atoms with Gasteiger partial charge in [0.05, 0.1) is 37.3 Å². The predicted molar refractivity (Wildman–Crippen MR) is 102 cm³/mol. The fourth-order valence-corrected chi connectivity index (χ4v) is 3.48. The molecule has 0 atom stereocenters. The zero-order valence-electron chi connectivity index (χ0n) is 14.9. The molecule has 138 valence electrons. The van der Waals surface area contributed by atoms with Gasteiger partial charge in [-0.25, -0.2) is 9.97 Å². The number of nitrogens with two attached hydrogens (primary N) is 1. The maximum absolute atomic E-state index is 11.9. The quantitative estimate of drug-likeness (QED) is 0.483. The molecule has 2 heterocycles. The first kappa shape index (κ1) is 18.5. The Bertz CT molecular complexity index is 777. The van der Waals surface area contributed by atoms with E-state index in [1.165, 1.54) is 18.9 Å². The average molecular weight is 374 g/mol. The Kier molecular flexibility index (Phi) is 5.95. The zero-order valence-corrected chi connectivity index (χ0v) is 15.7. The molecule has 2 aromatic rings. The third-order valence-corrected chi connectivity index (χ3v) is 4.97. The second-order valence-electron chi connectivity index (χ2n) is 5.83. The molecular weight excluding hydrogens is 352 g/mol. The van der Waals surface area contributed by atoms with Crippen molar-refractivity contribution in [2.45, 2.75) is 11.3 Å². The molecule has 0 saturated carbocycles. The van der Waals surface area contributed by atoms with Gasteiger partial charge in [-0.3, -0.25) is 4.79 Å². The summed E-state index contributed by atoms with van der Waals surface area (Å²) in [5.74, 6) is 1.08. The van der Waals surface area contributed by atoms with E-state index in [-0.39, 0.29) is 12.4 Å². The summed E-state index contributed by atoms with van der Waals surface area (Å²) in [5.41, 5.74) is 7.99. The van der Waals surface area contributed by atoms with Gasteiger partial charge in [0.1, 0.15) is 5.82 Å². The summed E-state index contributed by atoms with van der Waals surface area (Å²) in [7, 11) is 1.38. The van der Waals surface area contributed by atoms with Crippen LogP contribution in [-0.2, 0) is 20.7 Å². The molecule has 0 spiro atoms. The molecule has 7 nitrogen and oxygen atoms in total. The number of nitrogens with zero attached hydrogens (tertiary/aromatic N) is 3. The number of carbonyl (C=O) groups is 1. The number of aromatic nitrogens is 2. The molecular formula is C18H22N4O3S. The minimum absolute atomic E-state index is 0.106. The highest BCUT2D eigenvalue weighted by Crippen LogP contribution is 2.33. The van der Waals surface area contributed by atoms with Gasteiger partial charge in [-0.1, -0.05) is 0 Å². The summed E-state index contributed by atoms with van der Waals surface area (Å²) in [6.07, 6.45) is 2.07. The number of nitrogen functional groups attached to an aromatic ring is 1. The van der Waals surface area contributed by atoms with Crippen LogP contribution in [0.15, 0.2) is 29.2 Å². The van der Waals surface area contributed by atoms with Gasteiger partial charge >= 0.3 is 5.97 Å². The number of esters is 1. The molecule has 2 N–H and O–H groups in total. The Morgan fingerprint density at radius 2 is 1.96 bits per heavy atom. The van der Waals surface area contributed by atoms with Crippen molar-refractivity contribution in [3.8, 4) is 11.4 Å². The van der Waals surface area contributed by atoms with Crippen molar-refractivity contribution >= 4 is 29.2 Å². The summed E-state index contributed by atoms with van der Waals surface area (Å²) in [6.45, 7) is 2.82. The average Bonchev–Trinajstić information content (AvgIpc) is 2.68. The molecule has 1 aliphatic heterocycles. The number of methoxy groups -OCH3 is 1. The molecule has 1 aromatic heterocycles. The molecule has 0 unspecified atom stereocenters. The molecule has 8 heteroatoms. The van der Waals surface area contributed by atoms with Crippen molar-refractivity contribution in [1.29, 1.82) is 0 Å². The number of anilines is 2. The highest BCUT2D eigenvalue weighted by atomic mass is 32.2. The summed E-state index contributed by atoms with van der Waals surface area (Å²) < 4.78 is 10.3. The van der Waals surface area contributed by atoms with E-state index in [1.54, 1.807) is 0 Å². The van der Waals surface area contributed by atoms with E-state index in [0.717, 1.165) is 29.4 Å². The number of benzene rings is 1. The lowest BCUT2D eigenvalue weighted by Crippen LogP contribution is -2.37. The summed E-state index contributed by atoms with van der Waals surface area (Å²) in [5, 5.41) is 0. The topological polar surface area (TPSA) is 90.6 Å². The molecule has 0 aliphatic carbocycles. The van der Waals surface area contributed by atoms with Crippen molar-refractivity contribution in [1.82, 2.24) is 9.97 Å². The fraction of sp³-hybridized carbons (Fsp3) is 0.389. The Hall–Kier alpha value is -2.32. The van der Waals surface area contributed by atoms with Crippen LogP contribution in [0, 0.1) is 0 Å². The van der Waals surface area contributed by atoms with Crippen LogP contribution < -0.4 is 10.6 Å². The fourth-order valence-electron chi connectivity index (χ4n) is 2.77. The van der Waals surface area contributed by atoms with E-state index in [9.17, 15) is 4.79 Å². The van der Waals surface area contributed by atoms with Crippen LogP contribution in [0.2, 0.25) is 0 Å². The zero-order chi connectivity index (χ0) is 18.5. The largest absolute Gasteiger partial charge is 0.469 e. The van der Waals surface area contributed by atoms with Gasteiger partial charge < -0.3 is 20.1 Å². The number of thioether (sulfide) groups is 1. The number of hydrogen-bond donors (Lipinski definition) is 1. The molecule has 3 rings (SSSR count). The molecule has 0 bridgehead atoms.